The van der Waals surface area contributed by atoms with E-state index in [1.165, 1.54) is 20.8 Å². The number of thiophene rings is 1. The highest BCUT2D eigenvalue weighted by atomic mass is 32.1. The van der Waals surface area contributed by atoms with E-state index in [9.17, 15) is 14.7 Å². The van der Waals surface area contributed by atoms with Gasteiger partial charge >= 0.3 is 5.97 Å². The van der Waals surface area contributed by atoms with Crippen molar-refractivity contribution < 1.29 is 19.4 Å². The Hall–Kier alpha value is -1.40. The molecule has 5 nitrogen and oxygen atoms in total. The van der Waals surface area contributed by atoms with E-state index in [0.717, 1.165) is 5.56 Å². The van der Waals surface area contributed by atoms with Gasteiger partial charge in [-0.3, -0.25) is 9.59 Å². The summed E-state index contributed by atoms with van der Waals surface area (Å²) in [5.41, 5.74) is -1.28. The molecule has 0 saturated heterocycles. The molecule has 0 aromatic carbocycles. The highest BCUT2D eigenvalue weighted by molar-refractivity contribution is 7.07. The molecule has 1 amide bonds. The van der Waals surface area contributed by atoms with E-state index in [4.69, 9.17) is 4.74 Å². The van der Waals surface area contributed by atoms with Crippen molar-refractivity contribution in [2.24, 2.45) is 0 Å². The number of rotatable bonds is 6. The topological polar surface area (TPSA) is 75.6 Å². The SMILES string of the molecule is CC(=O)OC(C)(C)C(=O)NCC(C)(O)Cc1ccsc1. The van der Waals surface area contributed by atoms with Gasteiger partial charge in [0.2, 0.25) is 0 Å². The molecule has 2 N–H and O–H groups in total. The quantitative estimate of drug-likeness (QED) is 0.781. The lowest BCUT2D eigenvalue weighted by Gasteiger charge is -2.27. The van der Waals surface area contributed by atoms with Crippen molar-refractivity contribution in [2.45, 2.75) is 45.3 Å². The minimum absolute atomic E-state index is 0.0897. The van der Waals surface area contributed by atoms with Crippen LogP contribution >= 0.6 is 11.3 Å². The van der Waals surface area contributed by atoms with Crippen LogP contribution in [0, 0.1) is 0 Å². The van der Waals surface area contributed by atoms with Crippen molar-refractivity contribution in [3.05, 3.63) is 22.4 Å². The largest absolute Gasteiger partial charge is 0.450 e. The molecule has 1 heterocycles. The zero-order valence-corrected chi connectivity index (χ0v) is 13.0. The summed E-state index contributed by atoms with van der Waals surface area (Å²) in [4.78, 5) is 22.9. The first-order valence-electron chi connectivity index (χ1n) is 6.34. The molecular formula is C14H21NO4S. The number of carbonyl (C=O) groups is 2. The number of nitrogens with one attached hydrogen (secondary N) is 1. The van der Waals surface area contributed by atoms with Crippen LogP contribution < -0.4 is 5.32 Å². The molecule has 0 aliphatic carbocycles. The molecule has 1 unspecified atom stereocenters. The maximum Gasteiger partial charge on any atom is 0.303 e. The summed E-state index contributed by atoms with van der Waals surface area (Å²) in [5.74, 6) is -0.950. The molecule has 1 aromatic rings. The van der Waals surface area contributed by atoms with Gasteiger partial charge in [0, 0.05) is 19.9 Å². The van der Waals surface area contributed by atoms with Gasteiger partial charge < -0.3 is 15.2 Å². The van der Waals surface area contributed by atoms with Crippen molar-refractivity contribution in [3.63, 3.8) is 0 Å². The van der Waals surface area contributed by atoms with E-state index < -0.39 is 23.1 Å². The molecule has 0 aliphatic rings. The number of amides is 1. The van der Waals surface area contributed by atoms with Crippen LogP contribution in [0.3, 0.4) is 0 Å². The fraction of sp³-hybridized carbons (Fsp3) is 0.571. The summed E-state index contributed by atoms with van der Waals surface area (Å²) in [6.45, 7) is 6.02. The molecular weight excluding hydrogens is 278 g/mol. The second kappa shape index (κ2) is 6.37. The Bertz CT molecular complexity index is 466. The monoisotopic (exact) mass is 299 g/mol. The highest BCUT2D eigenvalue weighted by Crippen LogP contribution is 2.16. The van der Waals surface area contributed by atoms with Crippen LogP contribution in [0.5, 0.6) is 0 Å². The first-order valence-corrected chi connectivity index (χ1v) is 7.28. The fourth-order valence-corrected chi connectivity index (χ4v) is 2.45. The standard InChI is InChI=1S/C14H21NO4S/c1-10(16)19-13(2,3)12(17)15-9-14(4,18)7-11-5-6-20-8-11/h5-6,8,18H,7,9H2,1-4H3,(H,15,17). The first-order chi connectivity index (χ1) is 9.12. The van der Waals surface area contributed by atoms with E-state index in [-0.39, 0.29) is 6.54 Å². The van der Waals surface area contributed by atoms with Crippen molar-refractivity contribution in [1.29, 1.82) is 0 Å². The average Bonchev–Trinajstić information content (AvgIpc) is 2.76. The molecule has 6 heteroatoms. The predicted octanol–water partition coefficient (Wildman–Crippen LogP) is 1.50. The molecule has 112 valence electrons. The molecule has 0 bridgehead atoms. The molecule has 1 aromatic heterocycles. The number of aliphatic hydroxyl groups is 1. The lowest BCUT2D eigenvalue weighted by molar-refractivity contribution is -0.163. The summed E-state index contributed by atoms with van der Waals surface area (Å²) >= 11 is 1.56. The average molecular weight is 299 g/mol. The van der Waals surface area contributed by atoms with Crippen LogP contribution in [0.15, 0.2) is 16.8 Å². The fourth-order valence-electron chi connectivity index (χ4n) is 1.78. The Morgan fingerprint density at radius 1 is 1.40 bits per heavy atom. The number of hydrogen-bond acceptors (Lipinski definition) is 5. The van der Waals surface area contributed by atoms with E-state index in [1.807, 2.05) is 16.8 Å². The van der Waals surface area contributed by atoms with Gasteiger partial charge in [-0.25, -0.2) is 0 Å². The molecule has 0 spiro atoms. The minimum atomic E-state index is -1.25. The third-order valence-electron chi connectivity index (χ3n) is 2.74. The van der Waals surface area contributed by atoms with Crippen LogP contribution in [0.4, 0.5) is 0 Å². The lowest BCUT2D eigenvalue weighted by atomic mass is 9.98. The van der Waals surface area contributed by atoms with Gasteiger partial charge in [-0.2, -0.15) is 11.3 Å². The second-order valence-electron chi connectivity index (χ2n) is 5.59. The molecule has 20 heavy (non-hydrogen) atoms. The van der Waals surface area contributed by atoms with E-state index in [2.05, 4.69) is 5.32 Å². The molecule has 1 atom stereocenters. The van der Waals surface area contributed by atoms with Gasteiger partial charge in [-0.1, -0.05) is 0 Å². The molecule has 0 saturated carbocycles. The van der Waals surface area contributed by atoms with Crippen LogP contribution in [0.2, 0.25) is 0 Å². The Labute approximate surface area is 123 Å². The van der Waals surface area contributed by atoms with Gasteiger partial charge in [0.1, 0.15) is 0 Å². The van der Waals surface area contributed by atoms with Gasteiger partial charge in [0.25, 0.3) is 5.91 Å². The summed E-state index contributed by atoms with van der Waals surface area (Å²) in [6, 6.07) is 1.93. The third kappa shape index (κ3) is 5.30. The molecule has 0 fully saturated rings. The third-order valence-corrected chi connectivity index (χ3v) is 3.47. The van der Waals surface area contributed by atoms with Gasteiger partial charge in [-0.05, 0) is 43.2 Å². The van der Waals surface area contributed by atoms with E-state index in [1.54, 1.807) is 18.3 Å². The summed E-state index contributed by atoms with van der Waals surface area (Å²) in [5, 5.41) is 16.8. The predicted molar refractivity (Wildman–Crippen MR) is 77.5 cm³/mol. The Morgan fingerprint density at radius 2 is 2.05 bits per heavy atom. The van der Waals surface area contributed by atoms with Crippen molar-refractivity contribution >= 4 is 23.2 Å². The van der Waals surface area contributed by atoms with E-state index >= 15 is 0 Å². The summed E-state index contributed by atoms with van der Waals surface area (Å²) in [7, 11) is 0. The maximum absolute atomic E-state index is 12.0. The lowest BCUT2D eigenvalue weighted by Crippen LogP contribution is -2.50. The van der Waals surface area contributed by atoms with Gasteiger partial charge in [0.15, 0.2) is 5.60 Å². The van der Waals surface area contributed by atoms with Crippen molar-refractivity contribution in [1.82, 2.24) is 5.32 Å². The smallest absolute Gasteiger partial charge is 0.303 e. The zero-order valence-electron chi connectivity index (χ0n) is 12.2. The Kier molecular flexibility index (Phi) is 5.30. The van der Waals surface area contributed by atoms with Crippen LogP contribution in [-0.2, 0) is 20.7 Å². The van der Waals surface area contributed by atoms with Gasteiger partial charge in [-0.15, -0.1) is 0 Å². The van der Waals surface area contributed by atoms with Crippen molar-refractivity contribution in [3.8, 4) is 0 Å². The van der Waals surface area contributed by atoms with Crippen LogP contribution in [0.1, 0.15) is 33.3 Å². The molecule has 0 radical (unpaired) electrons. The summed E-state index contributed by atoms with van der Waals surface area (Å²) < 4.78 is 4.94. The number of hydrogen-bond donors (Lipinski definition) is 2. The highest BCUT2D eigenvalue weighted by Gasteiger charge is 2.32. The summed E-state index contributed by atoms with van der Waals surface area (Å²) in [6.07, 6.45) is 0.449. The van der Waals surface area contributed by atoms with Crippen molar-refractivity contribution in [2.75, 3.05) is 6.54 Å². The van der Waals surface area contributed by atoms with Crippen LogP contribution in [0.25, 0.3) is 0 Å². The molecule has 0 aliphatic heterocycles. The first kappa shape index (κ1) is 16.7. The van der Waals surface area contributed by atoms with Gasteiger partial charge in [0.05, 0.1) is 5.60 Å². The Balaban J connectivity index is 2.52. The second-order valence-corrected chi connectivity index (χ2v) is 6.37. The normalized spacial score (nSPS) is 14.4. The number of carbonyl (C=O) groups excluding carboxylic acids is 2. The number of ether oxygens (including phenoxy) is 1. The Morgan fingerprint density at radius 3 is 2.55 bits per heavy atom. The zero-order chi connectivity index (χ0) is 15.4. The van der Waals surface area contributed by atoms with Crippen LogP contribution in [-0.4, -0.2) is 34.7 Å². The minimum Gasteiger partial charge on any atom is -0.450 e. The molecule has 1 rings (SSSR count). The number of esters is 1. The maximum atomic E-state index is 12.0. The van der Waals surface area contributed by atoms with E-state index in [0.29, 0.717) is 6.42 Å².